The molecule has 20 heavy (non-hydrogen) atoms. The van der Waals surface area contributed by atoms with Gasteiger partial charge in [-0.25, -0.2) is 4.98 Å². The number of nitrogens with zero attached hydrogens (tertiary/aromatic N) is 1. The van der Waals surface area contributed by atoms with Crippen LogP contribution in [0.25, 0.3) is 0 Å². The van der Waals surface area contributed by atoms with E-state index in [1.54, 1.807) is 12.4 Å². The lowest BCUT2D eigenvalue weighted by Gasteiger charge is -2.11. The van der Waals surface area contributed by atoms with Crippen molar-refractivity contribution in [1.82, 2.24) is 15.3 Å². The Kier molecular flexibility index (Phi) is 4.76. The minimum Gasteiger partial charge on any atom is -0.483 e. The molecule has 0 spiro atoms. The van der Waals surface area contributed by atoms with Crippen LogP contribution in [-0.2, 0) is 11.2 Å². The van der Waals surface area contributed by atoms with Crippen molar-refractivity contribution in [2.24, 2.45) is 0 Å². The zero-order valence-electron chi connectivity index (χ0n) is 11.8. The topological polar surface area (TPSA) is 67.0 Å². The van der Waals surface area contributed by atoms with Gasteiger partial charge in [0, 0.05) is 25.4 Å². The van der Waals surface area contributed by atoms with Crippen LogP contribution in [0.5, 0.6) is 5.75 Å². The van der Waals surface area contributed by atoms with Crippen molar-refractivity contribution in [1.29, 1.82) is 0 Å². The molecule has 0 saturated heterocycles. The van der Waals surface area contributed by atoms with Crippen molar-refractivity contribution >= 4 is 5.91 Å². The van der Waals surface area contributed by atoms with Crippen LogP contribution in [0.3, 0.4) is 0 Å². The first-order chi connectivity index (χ1) is 9.66. The first kappa shape index (κ1) is 14.1. The number of para-hydroxylation sites is 1. The maximum Gasteiger partial charge on any atom is 0.257 e. The third kappa shape index (κ3) is 3.85. The Morgan fingerprint density at radius 3 is 2.75 bits per heavy atom. The molecule has 0 aliphatic rings. The number of H-pyrrole nitrogens is 1. The summed E-state index contributed by atoms with van der Waals surface area (Å²) in [6.45, 7) is 4.51. The number of imidazole rings is 1. The van der Waals surface area contributed by atoms with Crippen molar-refractivity contribution in [3.8, 4) is 5.75 Å². The number of hydrogen-bond acceptors (Lipinski definition) is 3. The van der Waals surface area contributed by atoms with Crippen molar-refractivity contribution < 1.29 is 9.53 Å². The molecular formula is C15H19N3O2. The molecule has 2 aromatic rings. The third-order valence-corrected chi connectivity index (χ3v) is 3.00. The highest BCUT2D eigenvalue weighted by Crippen LogP contribution is 2.21. The number of aromatic nitrogens is 2. The number of nitrogens with one attached hydrogen (secondary N) is 2. The second-order valence-electron chi connectivity index (χ2n) is 4.65. The van der Waals surface area contributed by atoms with E-state index in [0.29, 0.717) is 13.0 Å². The standard InChI is InChI=1S/C15H19N3O2/c1-11-4-3-5-12(2)15(11)20-10-14(19)18-7-6-13-16-8-9-17-13/h3-5,8-9H,6-7,10H2,1-2H3,(H,16,17)(H,18,19). The number of aromatic amines is 1. The third-order valence-electron chi connectivity index (χ3n) is 3.00. The molecule has 0 aliphatic heterocycles. The maximum atomic E-state index is 11.7. The summed E-state index contributed by atoms with van der Waals surface area (Å²) in [5.41, 5.74) is 2.07. The smallest absolute Gasteiger partial charge is 0.257 e. The first-order valence-electron chi connectivity index (χ1n) is 6.61. The molecule has 0 aliphatic carbocycles. The highest BCUT2D eigenvalue weighted by molar-refractivity contribution is 5.77. The number of carbonyl (C=O) groups excluding carboxylic acids is 1. The Labute approximate surface area is 118 Å². The molecule has 2 N–H and O–H groups in total. The number of ether oxygens (including phenoxy) is 1. The molecular weight excluding hydrogens is 254 g/mol. The van der Waals surface area contributed by atoms with Gasteiger partial charge in [0.15, 0.2) is 6.61 Å². The Hall–Kier alpha value is -2.30. The SMILES string of the molecule is Cc1cccc(C)c1OCC(=O)NCCc1ncc[nH]1. The molecule has 1 aromatic heterocycles. The van der Waals surface area contributed by atoms with E-state index in [1.807, 2.05) is 32.0 Å². The van der Waals surface area contributed by atoms with Gasteiger partial charge in [-0.05, 0) is 25.0 Å². The molecule has 0 radical (unpaired) electrons. The molecule has 5 nitrogen and oxygen atoms in total. The van der Waals surface area contributed by atoms with Crippen molar-refractivity contribution in [2.75, 3.05) is 13.2 Å². The largest absolute Gasteiger partial charge is 0.483 e. The summed E-state index contributed by atoms with van der Waals surface area (Å²) in [6, 6.07) is 5.91. The van der Waals surface area contributed by atoms with Gasteiger partial charge < -0.3 is 15.0 Å². The molecule has 0 unspecified atom stereocenters. The van der Waals surface area contributed by atoms with Gasteiger partial charge in [0.1, 0.15) is 11.6 Å². The summed E-state index contributed by atoms with van der Waals surface area (Å²) < 4.78 is 5.58. The highest BCUT2D eigenvalue weighted by Gasteiger charge is 2.07. The Morgan fingerprint density at radius 2 is 2.10 bits per heavy atom. The Balaban J connectivity index is 1.75. The fourth-order valence-corrected chi connectivity index (χ4v) is 1.97. The molecule has 1 heterocycles. The van der Waals surface area contributed by atoms with E-state index >= 15 is 0 Å². The van der Waals surface area contributed by atoms with E-state index in [0.717, 1.165) is 22.7 Å². The van der Waals surface area contributed by atoms with Crippen LogP contribution in [-0.4, -0.2) is 29.0 Å². The van der Waals surface area contributed by atoms with Crippen molar-refractivity contribution in [3.63, 3.8) is 0 Å². The molecule has 0 fully saturated rings. The lowest BCUT2D eigenvalue weighted by molar-refractivity contribution is -0.123. The summed E-state index contributed by atoms with van der Waals surface area (Å²) in [5.74, 6) is 1.52. The van der Waals surface area contributed by atoms with Gasteiger partial charge in [0.05, 0.1) is 0 Å². The average Bonchev–Trinajstić information content (AvgIpc) is 2.91. The predicted molar refractivity (Wildman–Crippen MR) is 76.7 cm³/mol. The van der Waals surface area contributed by atoms with E-state index in [2.05, 4.69) is 15.3 Å². The van der Waals surface area contributed by atoms with Crippen LogP contribution < -0.4 is 10.1 Å². The van der Waals surface area contributed by atoms with Crippen LogP contribution in [0.4, 0.5) is 0 Å². The van der Waals surface area contributed by atoms with E-state index in [9.17, 15) is 4.79 Å². The van der Waals surface area contributed by atoms with E-state index < -0.39 is 0 Å². The molecule has 5 heteroatoms. The minimum atomic E-state index is -0.126. The summed E-state index contributed by atoms with van der Waals surface area (Å²) in [7, 11) is 0. The lowest BCUT2D eigenvalue weighted by Crippen LogP contribution is -2.30. The van der Waals surface area contributed by atoms with Gasteiger partial charge in [0.2, 0.25) is 0 Å². The zero-order valence-corrected chi connectivity index (χ0v) is 11.8. The van der Waals surface area contributed by atoms with Gasteiger partial charge in [-0.2, -0.15) is 0 Å². The fourth-order valence-electron chi connectivity index (χ4n) is 1.97. The number of aryl methyl sites for hydroxylation is 2. The Bertz CT molecular complexity index is 544. The number of benzene rings is 1. The summed E-state index contributed by atoms with van der Waals surface area (Å²) in [4.78, 5) is 18.8. The number of hydrogen-bond donors (Lipinski definition) is 2. The highest BCUT2D eigenvalue weighted by atomic mass is 16.5. The molecule has 2 rings (SSSR count). The molecule has 0 saturated carbocycles. The van der Waals surface area contributed by atoms with Gasteiger partial charge in [0.25, 0.3) is 5.91 Å². The molecule has 106 valence electrons. The number of carbonyl (C=O) groups is 1. The van der Waals surface area contributed by atoms with Crippen molar-refractivity contribution in [3.05, 3.63) is 47.5 Å². The lowest BCUT2D eigenvalue weighted by atomic mass is 10.1. The van der Waals surface area contributed by atoms with Crippen LogP contribution >= 0.6 is 0 Å². The zero-order chi connectivity index (χ0) is 14.4. The number of rotatable bonds is 6. The van der Waals surface area contributed by atoms with Gasteiger partial charge in [-0.3, -0.25) is 4.79 Å². The van der Waals surface area contributed by atoms with Crippen molar-refractivity contribution in [2.45, 2.75) is 20.3 Å². The van der Waals surface area contributed by atoms with Crippen LogP contribution in [0.15, 0.2) is 30.6 Å². The second kappa shape index (κ2) is 6.75. The first-order valence-corrected chi connectivity index (χ1v) is 6.61. The van der Waals surface area contributed by atoms with Gasteiger partial charge in [-0.15, -0.1) is 0 Å². The fraction of sp³-hybridized carbons (Fsp3) is 0.333. The molecule has 0 bridgehead atoms. The molecule has 1 aromatic carbocycles. The van der Waals surface area contributed by atoms with E-state index in [1.165, 1.54) is 0 Å². The predicted octanol–water partition coefficient (Wildman–Crippen LogP) is 1.76. The quantitative estimate of drug-likeness (QED) is 0.843. The summed E-state index contributed by atoms with van der Waals surface area (Å²) in [6.07, 6.45) is 4.14. The number of amides is 1. The summed E-state index contributed by atoms with van der Waals surface area (Å²) >= 11 is 0. The van der Waals surface area contributed by atoms with Gasteiger partial charge >= 0.3 is 0 Å². The average molecular weight is 273 g/mol. The monoisotopic (exact) mass is 273 g/mol. The molecule has 0 atom stereocenters. The Morgan fingerprint density at radius 1 is 1.35 bits per heavy atom. The van der Waals surface area contributed by atoms with Gasteiger partial charge in [-0.1, -0.05) is 18.2 Å². The molecule has 1 amide bonds. The van der Waals surface area contributed by atoms with Crippen LogP contribution in [0.2, 0.25) is 0 Å². The maximum absolute atomic E-state index is 11.7. The second-order valence-corrected chi connectivity index (χ2v) is 4.65. The van der Waals surface area contributed by atoms with E-state index in [4.69, 9.17) is 4.74 Å². The summed E-state index contributed by atoms with van der Waals surface area (Å²) in [5, 5.41) is 2.81. The van der Waals surface area contributed by atoms with Crippen LogP contribution in [0, 0.1) is 13.8 Å². The minimum absolute atomic E-state index is 0.0316. The normalized spacial score (nSPS) is 10.3. The van der Waals surface area contributed by atoms with Crippen LogP contribution in [0.1, 0.15) is 17.0 Å². The van der Waals surface area contributed by atoms with E-state index in [-0.39, 0.29) is 12.5 Å².